The summed E-state index contributed by atoms with van der Waals surface area (Å²) >= 11 is 0. The first-order valence-corrected chi connectivity index (χ1v) is 32.1. The van der Waals surface area contributed by atoms with Crippen molar-refractivity contribution in [2.75, 3.05) is 0 Å². The standard InChI is InChI=1S/C78H54N2Si2/c1-7-27-57(28-8-1)81(58-29-9-2-10-30-58,59-31-11-3-12-32-59)63-39-25-26-55(52-63)79-73-45-24-23-43-68(73)71-53-56(46-49-74(71)79)80-75-50-47-64(82(60-33-13-4-14-34-60,61-35-15-5-16-36-61)62-37-17-6-18-38-62)54-72(75)78-76(80)51-48-70-67-42-20-19-40-65(67)66-41-21-22-44-69(66)77(70)78/h1-54H/i1D,7D,8D,27D,28D. The van der Waals surface area contributed by atoms with Gasteiger partial charge in [0.15, 0.2) is 16.1 Å². The zero-order valence-electron chi connectivity index (χ0n) is 49.7. The van der Waals surface area contributed by atoms with Crippen molar-refractivity contribution < 1.29 is 6.85 Å². The minimum Gasteiger partial charge on any atom is -0.309 e. The van der Waals surface area contributed by atoms with Crippen LogP contribution in [-0.4, -0.2) is 25.3 Å². The molecule has 0 saturated carbocycles. The molecule has 16 aromatic rings. The van der Waals surface area contributed by atoms with Crippen LogP contribution in [0.4, 0.5) is 0 Å². The van der Waals surface area contributed by atoms with Crippen LogP contribution in [0.25, 0.3) is 87.3 Å². The molecule has 0 unspecified atom stereocenters. The molecule has 4 heteroatoms. The van der Waals surface area contributed by atoms with Gasteiger partial charge >= 0.3 is 0 Å². The molecule has 0 bridgehead atoms. The lowest BCUT2D eigenvalue weighted by atomic mass is 9.92. The Balaban J connectivity index is 0.977. The molecule has 0 aliphatic heterocycles. The van der Waals surface area contributed by atoms with Gasteiger partial charge in [-0.2, -0.15) is 0 Å². The lowest BCUT2D eigenvalue weighted by molar-refractivity contribution is 1.17. The normalized spacial score (nSPS) is 13.0. The lowest BCUT2D eigenvalue weighted by Crippen LogP contribution is -2.74. The monoisotopic (exact) mass is 1080 g/mol. The van der Waals surface area contributed by atoms with Gasteiger partial charge in [0.05, 0.1) is 28.9 Å². The summed E-state index contributed by atoms with van der Waals surface area (Å²) in [5.41, 5.74) is 6.21. The van der Waals surface area contributed by atoms with E-state index in [-0.39, 0.29) is 24.2 Å². The Morgan fingerprint density at radius 3 is 1.18 bits per heavy atom. The minimum atomic E-state index is -3.69. The highest BCUT2D eigenvalue weighted by atomic mass is 28.3. The first-order valence-electron chi connectivity index (χ1n) is 30.6. The van der Waals surface area contributed by atoms with Gasteiger partial charge in [0.25, 0.3) is 0 Å². The summed E-state index contributed by atoms with van der Waals surface area (Å²) in [5, 5.41) is 20.3. The average molecular weight is 1080 g/mol. The first kappa shape index (κ1) is 42.8. The second-order valence-corrected chi connectivity index (χ2v) is 29.0. The van der Waals surface area contributed by atoms with Crippen LogP contribution in [0.5, 0.6) is 0 Å². The van der Waals surface area contributed by atoms with Crippen LogP contribution in [0.3, 0.4) is 0 Å². The van der Waals surface area contributed by atoms with Crippen LogP contribution in [0.1, 0.15) is 6.85 Å². The molecule has 82 heavy (non-hydrogen) atoms. The molecule has 14 aromatic carbocycles. The summed E-state index contributed by atoms with van der Waals surface area (Å²) in [6.45, 7) is 0. The molecule has 0 N–H and O–H groups in total. The maximum atomic E-state index is 9.64. The van der Waals surface area contributed by atoms with E-state index in [1.54, 1.807) is 0 Å². The number of benzene rings is 14. The Bertz CT molecular complexity index is 5200. The molecule has 16 rings (SSSR count). The molecule has 2 nitrogen and oxygen atoms in total. The molecule has 0 radical (unpaired) electrons. The Hall–Kier alpha value is -10.1. The molecule has 384 valence electrons. The summed E-state index contributed by atoms with van der Waals surface area (Å²) in [6, 6.07) is 106. The van der Waals surface area contributed by atoms with Gasteiger partial charge in [0.2, 0.25) is 0 Å². The van der Waals surface area contributed by atoms with Crippen molar-refractivity contribution in [3.63, 3.8) is 0 Å². The van der Waals surface area contributed by atoms with E-state index in [2.05, 4.69) is 270 Å². The van der Waals surface area contributed by atoms with Gasteiger partial charge in [-0.15, -0.1) is 0 Å². The van der Waals surface area contributed by atoms with Crippen molar-refractivity contribution in [1.82, 2.24) is 9.13 Å². The summed E-state index contributed by atoms with van der Waals surface area (Å²) in [7, 11) is -6.67. The van der Waals surface area contributed by atoms with Crippen LogP contribution >= 0.6 is 0 Å². The van der Waals surface area contributed by atoms with Crippen molar-refractivity contribution in [3.8, 4) is 11.4 Å². The van der Waals surface area contributed by atoms with Crippen LogP contribution in [0.15, 0.2) is 327 Å². The topological polar surface area (TPSA) is 9.86 Å². The van der Waals surface area contributed by atoms with Gasteiger partial charge in [-0.1, -0.05) is 279 Å². The summed E-state index contributed by atoms with van der Waals surface area (Å²) in [4.78, 5) is 0. The number of rotatable bonds is 10. The third-order valence-electron chi connectivity index (χ3n) is 17.4. The zero-order chi connectivity index (χ0) is 58.5. The lowest BCUT2D eigenvalue weighted by Gasteiger charge is -2.34. The third-order valence-corrected chi connectivity index (χ3v) is 26.8. The molecule has 0 aliphatic rings. The highest BCUT2D eigenvalue weighted by Crippen LogP contribution is 2.44. The number of nitrogens with zero attached hydrogens (tertiary/aromatic N) is 2. The number of aromatic nitrogens is 2. The van der Waals surface area contributed by atoms with Crippen molar-refractivity contribution in [2.45, 2.75) is 0 Å². The van der Waals surface area contributed by atoms with Crippen LogP contribution < -0.4 is 41.5 Å². The Morgan fingerprint density at radius 1 is 0.220 bits per heavy atom. The molecule has 2 aromatic heterocycles. The van der Waals surface area contributed by atoms with E-state index >= 15 is 0 Å². The number of hydrogen-bond donors (Lipinski definition) is 0. The van der Waals surface area contributed by atoms with Gasteiger partial charge in [0, 0.05) is 38.3 Å². The molecular weight excluding hydrogens is 1020 g/mol. The smallest absolute Gasteiger partial charge is 0.179 e. The maximum Gasteiger partial charge on any atom is 0.179 e. The van der Waals surface area contributed by atoms with E-state index in [1.807, 2.05) is 36.4 Å². The van der Waals surface area contributed by atoms with Crippen molar-refractivity contribution >= 4 is 134 Å². The van der Waals surface area contributed by atoms with E-state index < -0.39 is 22.2 Å². The average Bonchev–Trinajstić information content (AvgIpc) is 1.73. The molecule has 0 saturated heterocycles. The van der Waals surface area contributed by atoms with E-state index in [9.17, 15) is 2.74 Å². The Labute approximate surface area is 485 Å². The SMILES string of the molecule is [2H]c1c([2H])c([2H])c([Si](c2ccccc2)(c2ccccc2)c2cccc(-n3c4ccccc4c4cc(-n5c6ccc([Si](c7ccccc7)(c7ccccc7)c7ccccc7)cc6c6c7c8ccccc8c8ccccc8c7ccc65)ccc43)c2)c([2H])c1[2H]. The number of para-hydroxylation sites is 1. The quantitative estimate of drug-likeness (QED) is 0.0734. The predicted octanol–water partition coefficient (Wildman–Crippen LogP) is 14.1. The first-order chi connectivity index (χ1) is 42.8. The maximum absolute atomic E-state index is 9.64. The summed E-state index contributed by atoms with van der Waals surface area (Å²) in [5.74, 6) is 0. The van der Waals surface area contributed by atoms with E-state index in [1.165, 1.54) is 63.8 Å². The molecule has 0 amide bonds. The van der Waals surface area contributed by atoms with Gasteiger partial charge < -0.3 is 9.13 Å². The van der Waals surface area contributed by atoms with Crippen molar-refractivity contribution in [1.29, 1.82) is 0 Å². The second kappa shape index (κ2) is 19.3. The second-order valence-electron chi connectivity index (χ2n) is 21.5. The molecule has 0 aliphatic carbocycles. The van der Waals surface area contributed by atoms with Crippen LogP contribution in [0, 0.1) is 0 Å². The molecule has 2 heterocycles. The molecular formula is C78H54N2Si2. The van der Waals surface area contributed by atoms with Gasteiger partial charge in [0.1, 0.15) is 0 Å². The third kappa shape index (κ3) is 7.12. The molecule has 0 spiro atoms. The Morgan fingerprint density at radius 2 is 0.610 bits per heavy atom. The van der Waals surface area contributed by atoms with E-state index in [4.69, 9.17) is 4.11 Å². The molecule has 0 atom stereocenters. The summed E-state index contributed by atoms with van der Waals surface area (Å²) in [6.07, 6.45) is 0. The summed E-state index contributed by atoms with van der Waals surface area (Å²) < 4.78 is 50.9. The highest BCUT2D eigenvalue weighted by Gasteiger charge is 2.43. The number of hydrogen-bond acceptors (Lipinski definition) is 0. The Kier molecular flexibility index (Phi) is 10.1. The van der Waals surface area contributed by atoms with E-state index in [0.29, 0.717) is 5.19 Å². The van der Waals surface area contributed by atoms with Crippen molar-refractivity contribution in [2.24, 2.45) is 0 Å². The fourth-order valence-electron chi connectivity index (χ4n) is 14.1. The largest absolute Gasteiger partial charge is 0.309 e. The fraction of sp³-hybridized carbons (Fsp3) is 0. The molecule has 0 fully saturated rings. The van der Waals surface area contributed by atoms with Gasteiger partial charge in [-0.3, -0.25) is 0 Å². The predicted molar refractivity (Wildman–Crippen MR) is 355 cm³/mol. The van der Waals surface area contributed by atoms with Gasteiger partial charge in [-0.25, -0.2) is 0 Å². The van der Waals surface area contributed by atoms with Crippen LogP contribution in [-0.2, 0) is 0 Å². The minimum absolute atomic E-state index is 0.184. The highest BCUT2D eigenvalue weighted by molar-refractivity contribution is 7.20. The van der Waals surface area contributed by atoms with E-state index in [0.717, 1.165) is 59.8 Å². The number of fused-ring (bicyclic) bond motifs is 13. The van der Waals surface area contributed by atoms with Crippen molar-refractivity contribution in [3.05, 3.63) is 327 Å². The van der Waals surface area contributed by atoms with Crippen LogP contribution in [0.2, 0.25) is 0 Å². The van der Waals surface area contributed by atoms with Gasteiger partial charge in [-0.05, 0) is 117 Å². The fourth-order valence-corrected chi connectivity index (χ4v) is 23.3. The zero-order valence-corrected chi connectivity index (χ0v) is 46.7.